The SMILES string of the molecule is COC(=O)c1ccc(/C=N/NC(=O)C(c2ccccc2)c2ccccc2)cc1. The molecule has 0 fully saturated rings. The van der Waals surface area contributed by atoms with Crippen LogP contribution in [0.1, 0.15) is 33.0 Å². The monoisotopic (exact) mass is 372 g/mol. The van der Waals surface area contributed by atoms with Crippen molar-refractivity contribution in [1.29, 1.82) is 0 Å². The van der Waals surface area contributed by atoms with Crippen molar-refractivity contribution < 1.29 is 14.3 Å². The van der Waals surface area contributed by atoms with Crippen molar-refractivity contribution in [2.45, 2.75) is 5.92 Å². The Hall–Kier alpha value is -3.73. The van der Waals surface area contributed by atoms with E-state index in [4.69, 9.17) is 0 Å². The number of nitrogens with one attached hydrogen (secondary N) is 1. The number of rotatable bonds is 6. The summed E-state index contributed by atoms with van der Waals surface area (Å²) in [5.41, 5.74) is 5.61. The van der Waals surface area contributed by atoms with E-state index in [2.05, 4.69) is 15.3 Å². The molecule has 0 spiro atoms. The molecular formula is C23H20N2O3. The third-order valence-corrected chi connectivity index (χ3v) is 4.25. The fraction of sp³-hybridized carbons (Fsp3) is 0.0870. The molecule has 0 saturated carbocycles. The molecule has 3 rings (SSSR count). The van der Waals surface area contributed by atoms with Crippen LogP contribution in [0, 0.1) is 0 Å². The van der Waals surface area contributed by atoms with Crippen LogP contribution in [-0.4, -0.2) is 25.2 Å². The molecule has 3 aromatic rings. The van der Waals surface area contributed by atoms with E-state index in [1.54, 1.807) is 24.3 Å². The summed E-state index contributed by atoms with van der Waals surface area (Å²) in [7, 11) is 1.34. The number of carbonyl (C=O) groups excluding carboxylic acids is 2. The van der Waals surface area contributed by atoms with Crippen molar-refractivity contribution >= 4 is 18.1 Å². The minimum Gasteiger partial charge on any atom is -0.465 e. The predicted octanol–water partition coefficient (Wildman–Crippen LogP) is 3.76. The summed E-state index contributed by atoms with van der Waals surface area (Å²) < 4.78 is 4.67. The quantitative estimate of drug-likeness (QED) is 0.407. The second-order valence-corrected chi connectivity index (χ2v) is 6.10. The molecule has 0 aliphatic rings. The fourth-order valence-corrected chi connectivity index (χ4v) is 2.84. The molecule has 0 heterocycles. The number of esters is 1. The van der Waals surface area contributed by atoms with Gasteiger partial charge in [0.1, 0.15) is 0 Å². The molecule has 0 bridgehead atoms. The largest absolute Gasteiger partial charge is 0.465 e. The Bertz CT molecular complexity index is 913. The zero-order chi connectivity index (χ0) is 19.8. The molecule has 140 valence electrons. The Balaban J connectivity index is 1.74. The average molecular weight is 372 g/mol. The van der Waals surface area contributed by atoms with Crippen LogP contribution in [0.5, 0.6) is 0 Å². The highest BCUT2D eigenvalue weighted by molar-refractivity contribution is 5.91. The van der Waals surface area contributed by atoms with Gasteiger partial charge in [0.15, 0.2) is 0 Å². The third kappa shape index (κ3) is 4.71. The zero-order valence-electron chi connectivity index (χ0n) is 15.4. The Morgan fingerprint density at radius 1 is 0.857 bits per heavy atom. The number of carbonyl (C=O) groups is 2. The van der Waals surface area contributed by atoms with Crippen LogP contribution < -0.4 is 5.43 Å². The number of benzene rings is 3. The third-order valence-electron chi connectivity index (χ3n) is 4.25. The van der Waals surface area contributed by atoms with Crippen molar-refractivity contribution in [1.82, 2.24) is 5.43 Å². The first-order valence-electron chi connectivity index (χ1n) is 8.80. The van der Waals surface area contributed by atoms with E-state index in [1.165, 1.54) is 13.3 Å². The summed E-state index contributed by atoms with van der Waals surface area (Å²) >= 11 is 0. The van der Waals surface area contributed by atoms with Crippen molar-refractivity contribution in [3.05, 3.63) is 107 Å². The maximum Gasteiger partial charge on any atom is 0.337 e. The van der Waals surface area contributed by atoms with Gasteiger partial charge in [-0.15, -0.1) is 0 Å². The van der Waals surface area contributed by atoms with Crippen molar-refractivity contribution in [3.63, 3.8) is 0 Å². The molecule has 1 amide bonds. The van der Waals surface area contributed by atoms with Crippen LogP contribution in [0.25, 0.3) is 0 Å². The molecule has 28 heavy (non-hydrogen) atoms. The van der Waals surface area contributed by atoms with Crippen LogP contribution in [0.2, 0.25) is 0 Å². The number of ether oxygens (including phenoxy) is 1. The minimum absolute atomic E-state index is 0.222. The van der Waals surface area contributed by atoms with Gasteiger partial charge in [-0.2, -0.15) is 5.10 Å². The van der Waals surface area contributed by atoms with Crippen molar-refractivity contribution in [3.8, 4) is 0 Å². The van der Waals surface area contributed by atoms with E-state index in [0.717, 1.165) is 16.7 Å². The summed E-state index contributed by atoms with van der Waals surface area (Å²) in [6, 6.07) is 25.9. The van der Waals surface area contributed by atoms with Gasteiger partial charge in [-0.3, -0.25) is 4.79 Å². The van der Waals surface area contributed by atoms with Gasteiger partial charge in [0, 0.05) is 0 Å². The number of methoxy groups -OCH3 is 1. The second kappa shape index (κ2) is 9.28. The Labute approximate surface area is 163 Å². The lowest BCUT2D eigenvalue weighted by molar-refractivity contribution is -0.121. The van der Waals surface area contributed by atoms with E-state index in [-0.39, 0.29) is 5.91 Å². The second-order valence-electron chi connectivity index (χ2n) is 6.10. The lowest BCUT2D eigenvalue weighted by Crippen LogP contribution is -2.26. The molecule has 0 atom stereocenters. The Morgan fingerprint density at radius 3 is 1.89 bits per heavy atom. The van der Waals surface area contributed by atoms with Crippen LogP contribution in [-0.2, 0) is 9.53 Å². The fourth-order valence-electron chi connectivity index (χ4n) is 2.84. The molecule has 5 heteroatoms. The summed E-state index contributed by atoms with van der Waals surface area (Å²) in [6.45, 7) is 0. The summed E-state index contributed by atoms with van der Waals surface area (Å²) in [5.74, 6) is -1.08. The molecule has 0 radical (unpaired) electrons. The standard InChI is InChI=1S/C23H20N2O3/c1-28-23(27)20-14-12-17(13-15-20)16-24-25-22(26)21(18-8-4-2-5-9-18)19-10-6-3-7-11-19/h2-16,21H,1H3,(H,25,26)/b24-16+. The lowest BCUT2D eigenvalue weighted by Gasteiger charge is -2.16. The highest BCUT2D eigenvalue weighted by Crippen LogP contribution is 2.24. The molecule has 0 aliphatic carbocycles. The summed E-state index contributed by atoms with van der Waals surface area (Å²) in [4.78, 5) is 24.3. The topological polar surface area (TPSA) is 67.8 Å². The zero-order valence-corrected chi connectivity index (χ0v) is 15.4. The summed E-state index contributed by atoms with van der Waals surface area (Å²) in [6.07, 6.45) is 1.53. The van der Waals surface area contributed by atoms with Crippen molar-refractivity contribution in [2.75, 3.05) is 7.11 Å². The molecule has 0 saturated heterocycles. The molecule has 0 unspecified atom stereocenters. The first-order chi connectivity index (χ1) is 13.7. The van der Waals surface area contributed by atoms with Crippen LogP contribution in [0.4, 0.5) is 0 Å². The number of hydrazone groups is 1. The van der Waals surface area contributed by atoms with Crippen LogP contribution >= 0.6 is 0 Å². The minimum atomic E-state index is -0.457. The van der Waals surface area contributed by atoms with Gasteiger partial charge >= 0.3 is 5.97 Å². The van der Waals surface area contributed by atoms with E-state index in [0.29, 0.717) is 5.56 Å². The van der Waals surface area contributed by atoms with Gasteiger partial charge in [-0.1, -0.05) is 72.8 Å². The molecule has 3 aromatic carbocycles. The first-order valence-corrected chi connectivity index (χ1v) is 8.80. The lowest BCUT2D eigenvalue weighted by atomic mass is 9.91. The smallest absolute Gasteiger partial charge is 0.337 e. The number of hydrogen-bond acceptors (Lipinski definition) is 4. The normalized spacial score (nSPS) is 10.8. The highest BCUT2D eigenvalue weighted by atomic mass is 16.5. The first kappa shape index (κ1) is 19.0. The maximum atomic E-state index is 12.8. The molecule has 0 aliphatic heterocycles. The van der Waals surface area contributed by atoms with E-state index >= 15 is 0 Å². The highest BCUT2D eigenvalue weighted by Gasteiger charge is 2.22. The van der Waals surface area contributed by atoms with E-state index in [9.17, 15) is 9.59 Å². The maximum absolute atomic E-state index is 12.8. The van der Waals surface area contributed by atoms with Gasteiger partial charge in [0.2, 0.25) is 0 Å². The number of amides is 1. The van der Waals surface area contributed by atoms with Gasteiger partial charge in [0.05, 0.1) is 24.8 Å². The van der Waals surface area contributed by atoms with Gasteiger partial charge in [-0.05, 0) is 28.8 Å². The van der Waals surface area contributed by atoms with Gasteiger partial charge in [-0.25, -0.2) is 10.2 Å². The summed E-state index contributed by atoms with van der Waals surface area (Å²) in [5, 5.41) is 4.07. The molecule has 0 aromatic heterocycles. The van der Waals surface area contributed by atoms with Crippen LogP contribution in [0.15, 0.2) is 90.0 Å². The van der Waals surface area contributed by atoms with Gasteiger partial charge < -0.3 is 4.74 Å². The Kier molecular flexibility index (Phi) is 6.31. The Morgan fingerprint density at radius 2 is 1.39 bits per heavy atom. The average Bonchev–Trinajstić information content (AvgIpc) is 2.75. The number of hydrogen-bond donors (Lipinski definition) is 1. The predicted molar refractivity (Wildman–Crippen MR) is 108 cm³/mol. The van der Waals surface area contributed by atoms with E-state index in [1.807, 2.05) is 60.7 Å². The molecule has 5 nitrogen and oxygen atoms in total. The number of nitrogens with zero attached hydrogens (tertiary/aromatic N) is 1. The van der Waals surface area contributed by atoms with Crippen LogP contribution in [0.3, 0.4) is 0 Å². The molecular weight excluding hydrogens is 352 g/mol. The molecule has 1 N–H and O–H groups in total. The van der Waals surface area contributed by atoms with Gasteiger partial charge in [0.25, 0.3) is 5.91 Å². The van der Waals surface area contributed by atoms with E-state index < -0.39 is 11.9 Å². The van der Waals surface area contributed by atoms with Crippen molar-refractivity contribution in [2.24, 2.45) is 5.10 Å².